The number of hydrogen-bond acceptors (Lipinski definition) is 4. The minimum Gasteiger partial charge on any atom is -0.489 e. The molecule has 6 heteroatoms. The van der Waals surface area contributed by atoms with Gasteiger partial charge >= 0.3 is 0 Å². The smallest absolute Gasteiger partial charge is 0.145 e. The van der Waals surface area contributed by atoms with Crippen LogP contribution in [0, 0.1) is 0 Å². The van der Waals surface area contributed by atoms with Gasteiger partial charge in [-0.05, 0) is 24.3 Å². The van der Waals surface area contributed by atoms with Crippen LogP contribution in [0.2, 0.25) is 5.15 Å². The van der Waals surface area contributed by atoms with Crippen molar-refractivity contribution in [1.82, 2.24) is 14.8 Å². The van der Waals surface area contributed by atoms with E-state index < -0.39 is 6.10 Å². The molecule has 108 valence electrons. The van der Waals surface area contributed by atoms with E-state index in [1.807, 2.05) is 30.3 Å². The van der Waals surface area contributed by atoms with Crippen LogP contribution in [0.4, 0.5) is 0 Å². The zero-order valence-electron chi connectivity index (χ0n) is 11.2. The summed E-state index contributed by atoms with van der Waals surface area (Å²) in [5.74, 6) is 0.606. The highest BCUT2D eigenvalue weighted by atomic mass is 35.5. The van der Waals surface area contributed by atoms with E-state index in [9.17, 15) is 5.11 Å². The number of aromatic nitrogens is 3. The Morgan fingerprint density at radius 2 is 2.14 bits per heavy atom. The first kappa shape index (κ1) is 13.9. The highest BCUT2D eigenvalue weighted by molar-refractivity contribution is 6.29. The third-order valence-electron chi connectivity index (χ3n) is 3.04. The molecule has 0 fully saturated rings. The number of aliphatic hydroxyl groups excluding tert-OH is 1. The summed E-state index contributed by atoms with van der Waals surface area (Å²) in [6, 6.07) is 11.1. The van der Waals surface area contributed by atoms with Gasteiger partial charge in [0.2, 0.25) is 0 Å². The van der Waals surface area contributed by atoms with Crippen molar-refractivity contribution in [1.29, 1.82) is 0 Å². The van der Waals surface area contributed by atoms with Crippen molar-refractivity contribution in [3.8, 4) is 5.75 Å². The van der Waals surface area contributed by atoms with Crippen molar-refractivity contribution in [2.45, 2.75) is 12.6 Å². The third-order valence-corrected chi connectivity index (χ3v) is 3.25. The van der Waals surface area contributed by atoms with Crippen molar-refractivity contribution in [3.63, 3.8) is 0 Å². The standard InChI is InChI=1S/C15H14ClN3O2/c16-14-6-5-11-3-1-4-13(15(11)18-14)21-10-12(20)9-19-8-2-7-17-19/h1-8,12,20H,9-10H2. The summed E-state index contributed by atoms with van der Waals surface area (Å²) in [5, 5.41) is 15.4. The first-order valence-electron chi connectivity index (χ1n) is 6.56. The van der Waals surface area contributed by atoms with Gasteiger partial charge in [-0.2, -0.15) is 5.10 Å². The van der Waals surface area contributed by atoms with Gasteiger partial charge in [-0.15, -0.1) is 0 Å². The first-order chi connectivity index (χ1) is 10.2. The van der Waals surface area contributed by atoms with Crippen molar-refractivity contribution >= 4 is 22.5 Å². The lowest BCUT2D eigenvalue weighted by molar-refractivity contribution is 0.0900. The average Bonchev–Trinajstić information content (AvgIpc) is 2.98. The molecule has 0 spiro atoms. The molecule has 0 aliphatic heterocycles. The van der Waals surface area contributed by atoms with Gasteiger partial charge in [0.05, 0.1) is 6.54 Å². The fraction of sp³-hybridized carbons (Fsp3) is 0.200. The highest BCUT2D eigenvalue weighted by Crippen LogP contribution is 2.25. The Labute approximate surface area is 126 Å². The lowest BCUT2D eigenvalue weighted by Crippen LogP contribution is -2.23. The summed E-state index contributed by atoms with van der Waals surface area (Å²) in [7, 11) is 0. The van der Waals surface area contributed by atoms with E-state index in [0.717, 1.165) is 5.39 Å². The molecule has 0 aliphatic rings. The normalized spacial score (nSPS) is 12.5. The number of pyridine rings is 1. The van der Waals surface area contributed by atoms with Crippen molar-refractivity contribution < 1.29 is 9.84 Å². The molecule has 5 nitrogen and oxygen atoms in total. The number of aliphatic hydroxyl groups is 1. The maximum absolute atomic E-state index is 9.98. The van der Waals surface area contributed by atoms with Gasteiger partial charge in [-0.1, -0.05) is 23.7 Å². The van der Waals surface area contributed by atoms with Crippen LogP contribution in [0.5, 0.6) is 5.75 Å². The van der Waals surface area contributed by atoms with E-state index in [-0.39, 0.29) is 6.61 Å². The molecular formula is C15H14ClN3O2. The molecule has 3 aromatic rings. The van der Waals surface area contributed by atoms with Gasteiger partial charge in [-0.3, -0.25) is 4.68 Å². The van der Waals surface area contributed by atoms with Gasteiger partial charge in [-0.25, -0.2) is 4.98 Å². The number of para-hydroxylation sites is 1. The fourth-order valence-corrected chi connectivity index (χ4v) is 2.22. The number of halogens is 1. The lowest BCUT2D eigenvalue weighted by Gasteiger charge is -2.13. The molecule has 0 amide bonds. The Morgan fingerprint density at radius 1 is 1.24 bits per heavy atom. The molecule has 0 radical (unpaired) electrons. The molecule has 1 atom stereocenters. The van der Waals surface area contributed by atoms with E-state index in [1.165, 1.54) is 0 Å². The number of nitrogens with zero attached hydrogens (tertiary/aromatic N) is 3. The number of hydrogen-bond donors (Lipinski definition) is 1. The molecule has 1 aromatic carbocycles. The van der Waals surface area contributed by atoms with E-state index in [2.05, 4.69) is 10.1 Å². The predicted octanol–water partition coefficient (Wildman–Crippen LogP) is 2.52. The summed E-state index contributed by atoms with van der Waals surface area (Å²) < 4.78 is 7.33. The molecular weight excluding hydrogens is 290 g/mol. The van der Waals surface area contributed by atoms with E-state index >= 15 is 0 Å². The van der Waals surface area contributed by atoms with Crippen molar-refractivity contribution in [3.05, 3.63) is 53.9 Å². The predicted molar refractivity (Wildman–Crippen MR) is 80.5 cm³/mol. The van der Waals surface area contributed by atoms with Crippen LogP contribution in [-0.2, 0) is 6.54 Å². The SMILES string of the molecule is OC(COc1cccc2ccc(Cl)nc12)Cn1cccn1. The second kappa shape index (κ2) is 6.11. The number of fused-ring (bicyclic) bond motifs is 1. The number of ether oxygens (including phenoxy) is 1. The molecule has 21 heavy (non-hydrogen) atoms. The van der Waals surface area contributed by atoms with E-state index in [1.54, 1.807) is 23.1 Å². The first-order valence-corrected chi connectivity index (χ1v) is 6.94. The minimum atomic E-state index is -0.653. The fourth-order valence-electron chi connectivity index (χ4n) is 2.08. The van der Waals surface area contributed by atoms with Crippen molar-refractivity contribution in [2.24, 2.45) is 0 Å². The largest absolute Gasteiger partial charge is 0.489 e. The van der Waals surface area contributed by atoms with Crippen molar-refractivity contribution in [2.75, 3.05) is 6.61 Å². The lowest BCUT2D eigenvalue weighted by atomic mass is 10.2. The van der Waals surface area contributed by atoms with Crippen LogP contribution in [-0.4, -0.2) is 32.6 Å². The summed E-state index contributed by atoms with van der Waals surface area (Å²) >= 11 is 5.92. The molecule has 0 saturated heterocycles. The summed E-state index contributed by atoms with van der Waals surface area (Å²) in [6.07, 6.45) is 2.81. The summed E-state index contributed by atoms with van der Waals surface area (Å²) in [4.78, 5) is 4.27. The van der Waals surface area contributed by atoms with E-state index in [0.29, 0.717) is 23.0 Å². The number of rotatable bonds is 5. The Balaban J connectivity index is 1.71. The van der Waals surface area contributed by atoms with Crippen LogP contribution >= 0.6 is 11.6 Å². The zero-order chi connectivity index (χ0) is 14.7. The van der Waals surface area contributed by atoms with Gasteiger partial charge in [0.15, 0.2) is 0 Å². The van der Waals surface area contributed by atoms with Gasteiger partial charge in [0.1, 0.15) is 29.1 Å². The average molecular weight is 304 g/mol. The second-order valence-corrected chi connectivity index (χ2v) is 5.04. The monoisotopic (exact) mass is 303 g/mol. The zero-order valence-corrected chi connectivity index (χ0v) is 11.9. The molecule has 3 rings (SSSR count). The second-order valence-electron chi connectivity index (χ2n) is 4.65. The Bertz CT molecular complexity index is 731. The van der Waals surface area contributed by atoms with Crippen LogP contribution in [0.1, 0.15) is 0 Å². The molecule has 2 heterocycles. The van der Waals surface area contributed by atoms with Crippen LogP contribution in [0.25, 0.3) is 10.9 Å². The van der Waals surface area contributed by atoms with Gasteiger partial charge < -0.3 is 9.84 Å². The Kier molecular flexibility index (Phi) is 4.03. The van der Waals surface area contributed by atoms with E-state index in [4.69, 9.17) is 16.3 Å². The molecule has 0 aliphatic carbocycles. The summed E-state index contributed by atoms with van der Waals surface area (Å²) in [6.45, 7) is 0.541. The quantitative estimate of drug-likeness (QED) is 0.736. The Morgan fingerprint density at radius 3 is 2.95 bits per heavy atom. The molecule has 0 saturated carbocycles. The van der Waals surface area contributed by atoms with Crippen LogP contribution < -0.4 is 4.74 Å². The van der Waals surface area contributed by atoms with Gasteiger partial charge in [0, 0.05) is 17.8 Å². The highest BCUT2D eigenvalue weighted by Gasteiger charge is 2.09. The molecule has 1 unspecified atom stereocenters. The van der Waals surface area contributed by atoms with Gasteiger partial charge in [0.25, 0.3) is 0 Å². The topological polar surface area (TPSA) is 60.2 Å². The van der Waals surface area contributed by atoms with Crippen LogP contribution in [0.15, 0.2) is 48.8 Å². The minimum absolute atomic E-state index is 0.160. The number of benzene rings is 1. The summed E-state index contributed by atoms with van der Waals surface area (Å²) in [5.41, 5.74) is 0.691. The Hall–Kier alpha value is -2.11. The molecule has 0 bridgehead atoms. The third kappa shape index (κ3) is 3.32. The maximum atomic E-state index is 9.98. The molecule has 2 aromatic heterocycles. The van der Waals surface area contributed by atoms with Crippen LogP contribution in [0.3, 0.4) is 0 Å². The maximum Gasteiger partial charge on any atom is 0.145 e. The molecule has 1 N–H and O–H groups in total.